The lowest BCUT2D eigenvalue weighted by atomic mass is 9.62. The summed E-state index contributed by atoms with van der Waals surface area (Å²) in [7, 11) is 1.10. The number of allylic oxidation sites excluding steroid dienone is 7. The van der Waals surface area contributed by atoms with Crippen molar-refractivity contribution in [2.24, 2.45) is 22.4 Å². The van der Waals surface area contributed by atoms with Crippen LogP contribution in [-0.4, -0.2) is 41.4 Å². The van der Waals surface area contributed by atoms with E-state index < -0.39 is 24.1 Å². The molecule has 188 valence electrons. The van der Waals surface area contributed by atoms with Gasteiger partial charge in [0.15, 0.2) is 5.71 Å². The Balaban J connectivity index is 1.73. The van der Waals surface area contributed by atoms with Gasteiger partial charge in [0, 0.05) is 6.42 Å². The second-order valence-electron chi connectivity index (χ2n) is 9.98. The molecule has 7 heteroatoms. The van der Waals surface area contributed by atoms with Crippen molar-refractivity contribution in [2.75, 3.05) is 7.11 Å². The summed E-state index contributed by atoms with van der Waals surface area (Å²) < 4.78 is 39.0. The molecule has 0 aromatic heterocycles. The number of halogens is 3. The number of aliphatic hydroxyl groups is 2. The predicted molar refractivity (Wildman–Crippen MR) is 128 cm³/mol. The monoisotopic (exact) mass is 479 g/mol. The number of rotatable bonds is 6. The molecule has 34 heavy (non-hydrogen) atoms. The molecule has 0 saturated heterocycles. The quantitative estimate of drug-likeness (QED) is 0.271. The summed E-state index contributed by atoms with van der Waals surface area (Å²) >= 11 is 0. The Morgan fingerprint density at radius 1 is 1.35 bits per heavy atom. The van der Waals surface area contributed by atoms with Crippen LogP contribution in [0.15, 0.2) is 64.4 Å². The van der Waals surface area contributed by atoms with Crippen molar-refractivity contribution >= 4 is 5.71 Å². The zero-order valence-electron chi connectivity index (χ0n) is 20.2. The van der Waals surface area contributed by atoms with Crippen molar-refractivity contribution in [3.05, 3.63) is 59.3 Å². The Morgan fingerprint density at radius 2 is 2.09 bits per heavy atom. The SMILES string of the molecule is C=C1/C(=C\C=C2/CCC[C@]3(C)C([C@@H](C)C/C=C/C(=NOC)C(F)(F)F)=CC[C@@H]23)C[C@@H](O)C[C@@H]1O. The van der Waals surface area contributed by atoms with E-state index in [2.05, 4.69) is 42.6 Å². The van der Waals surface area contributed by atoms with Gasteiger partial charge in [0.25, 0.3) is 0 Å². The minimum absolute atomic E-state index is 0.0219. The summed E-state index contributed by atoms with van der Waals surface area (Å²) in [6, 6.07) is 0. The van der Waals surface area contributed by atoms with Crippen LogP contribution in [0.3, 0.4) is 0 Å². The van der Waals surface area contributed by atoms with E-state index in [-0.39, 0.29) is 11.3 Å². The summed E-state index contributed by atoms with van der Waals surface area (Å²) in [5, 5.41) is 23.2. The van der Waals surface area contributed by atoms with Crippen molar-refractivity contribution in [1.82, 2.24) is 0 Å². The van der Waals surface area contributed by atoms with Crippen molar-refractivity contribution < 1.29 is 28.2 Å². The molecule has 0 unspecified atom stereocenters. The molecule has 3 rings (SSSR count). The number of hydrogen-bond donors (Lipinski definition) is 2. The second-order valence-corrected chi connectivity index (χ2v) is 9.98. The van der Waals surface area contributed by atoms with E-state index in [0.29, 0.717) is 30.8 Å². The molecule has 0 aliphatic heterocycles. The zero-order valence-corrected chi connectivity index (χ0v) is 20.2. The predicted octanol–water partition coefficient (Wildman–Crippen LogP) is 6.19. The van der Waals surface area contributed by atoms with E-state index >= 15 is 0 Å². The maximum absolute atomic E-state index is 13.0. The highest BCUT2D eigenvalue weighted by atomic mass is 19.4. The summed E-state index contributed by atoms with van der Waals surface area (Å²) in [6.45, 7) is 8.34. The van der Waals surface area contributed by atoms with Crippen molar-refractivity contribution in [3.63, 3.8) is 0 Å². The van der Waals surface area contributed by atoms with Gasteiger partial charge in [-0.15, -0.1) is 0 Å². The molecule has 0 spiro atoms. The first-order valence-electron chi connectivity index (χ1n) is 12.0. The van der Waals surface area contributed by atoms with Gasteiger partial charge in [0.05, 0.1) is 12.2 Å². The minimum atomic E-state index is -4.55. The van der Waals surface area contributed by atoms with Crippen LogP contribution >= 0.6 is 0 Å². The molecule has 0 radical (unpaired) electrons. The number of oxime groups is 1. The molecule has 2 saturated carbocycles. The lowest BCUT2D eigenvalue weighted by Gasteiger charge is -2.42. The lowest BCUT2D eigenvalue weighted by molar-refractivity contribution is -0.0604. The van der Waals surface area contributed by atoms with Gasteiger partial charge in [-0.25, -0.2) is 0 Å². The third kappa shape index (κ3) is 5.74. The summed E-state index contributed by atoms with van der Waals surface area (Å²) in [4.78, 5) is 4.33. The Labute approximate surface area is 200 Å². The normalized spacial score (nSPS) is 34.0. The van der Waals surface area contributed by atoms with Crippen LogP contribution in [0.4, 0.5) is 13.2 Å². The average molecular weight is 480 g/mol. The molecule has 3 aliphatic rings. The molecule has 5 atom stereocenters. The summed E-state index contributed by atoms with van der Waals surface area (Å²) in [6.07, 6.45) is 8.48. The third-order valence-electron chi connectivity index (χ3n) is 7.65. The zero-order chi connectivity index (χ0) is 25.1. The maximum atomic E-state index is 13.0. The van der Waals surface area contributed by atoms with Crippen LogP contribution in [0.25, 0.3) is 0 Å². The van der Waals surface area contributed by atoms with E-state index in [1.54, 1.807) is 0 Å². The van der Waals surface area contributed by atoms with E-state index in [1.807, 2.05) is 6.08 Å². The smallest absolute Gasteiger partial charge is 0.399 e. The number of nitrogens with zero attached hydrogens (tertiary/aromatic N) is 1. The molecule has 0 amide bonds. The second kappa shape index (κ2) is 10.6. The maximum Gasteiger partial charge on any atom is 0.436 e. The van der Waals surface area contributed by atoms with Crippen molar-refractivity contribution in [1.29, 1.82) is 0 Å². The van der Waals surface area contributed by atoms with Gasteiger partial charge >= 0.3 is 6.18 Å². The minimum Gasteiger partial charge on any atom is -0.399 e. The van der Waals surface area contributed by atoms with Crippen LogP contribution in [0.2, 0.25) is 0 Å². The molecule has 0 aromatic carbocycles. The van der Waals surface area contributed by atoms with Gasteiger partial charge in [-0.1, -0.05) is 61.0 Å². The van der Waals surface area contributed by atoms with E-state index in [1.165, 1.54) is 17.2 Å². The Bertz CT molecular complexity index is 928. The first kappa shape index (κ1) is 26.5. The van der Waals surface area contributed by atoms with Gasteiger partial charge in [-0.05, 0) is 73.0 Å². The lowest BCUT2D eigenvalue weighted by Crippen LogP contribution is -2.32. The first-order valence-corrected chi connectivity index (χ1v) is 12.0. The molecule has 0 heterocycles. The molecule has 0 aromatic rings. The molecular weight excluding hydrogens is 443 g/mol. The fourth-order valence-electron chi connectivity index (χ4n) is 5.87. The van der Waals surface area contributed by atoms with Crippen LogP contribution in [0.5, 0.6) is 0 Å². The van der Waals surface area contributed by atoms with E-state index in [9.17, 15) is 23.4 Å². The van der Waals surface area contributed by atoms with Gasteiger partial charge < -0.3 is 15.1 Å². The third-order valence-corrected chi connectivity index (χ3v) is 7.65. The van der Waals surface area contributed by atoms with Crippen LogP contribution in [0.1, 0.15) is 58.8 Å². The van der Waals surface area contributed by atoms with Gasteiger partial charge in [0.1, 0.15) is 7.11 Å². The summed E-state index contributed by atoms with van der Waals surface area (Å²) in [5.74, 6) is 0.469. The molecule has 0 bridgehead atoms. The standard InChI is InChI=1S/C27H36F3NO3/c1-17(7-5-9-25(31-34-4)27(28,29)30)22-12-13-23-19(8-6-14-26(22,23)3)10-11-20-15-21(32)16-24(33)18(20)2/h5,9-12,17,21,23-24,32-33H,2,6-8,13-16H2,1,3-4H3/b9-5+,19-10+,20-11-,31-25?/t17-,21+,23-,24-,26+/m0/s1. The van der Waals surface area contributed by atoms with Crippen molar-refractivity contribution in [2.45, 2.75) is 77.2 Å². The number of alkyl halides is 3. The molecule has 2 N–H and O–H groups in total. The topological polar surface area (TPSA) is 62.0 Å². The van der Waals surface area contributed by atoms with Crippen LogP contribution < -0.4 is 0 Å². The first-order chi connectivity index (χ1) is 16.0. The van der Waals surface area contributed by atoms with Crippen LogP contribution in [0, 0.1) is 17.3 Å². The van der Waals surface area contributed by atoms with Crippen LogP contribution in [-0.2, 0) is 4.84 Å². The van der Waals surface area contributed by atoms with Gasteiger partial charge in [0.2, 0.25) is 0 Å². The van der Waals surface area contributed by atoms with Gasteiger partial charge in [-0.2, -0.15) is 13.2 Å². The molecule has 2 fully saturated rings. The van der Waals surface area contributed by atoms with Crippen molar-refractivity contribution in [3.8, 4) is 0 Å². The molecule has 3 aliphatic carbocycles. The number of fused-ring (bicyclic) bond motifs is 1. The fourth-order valence-corrected chi connectivity index (χ4v) is 5.87. The number of aliphatic hydroxyl groups excluding tert-OH is 2. The largest absolute Gasteiger partial charge is 0.436 e. The number of hydrogen-bond acceptors (Lipinski definition) is 4. The molecule has 4 nitrogen and oxygen atoms in total. The Morgan fingerprint density at radius 3 is 2.76 bits per heavy atom. The highest BCUT2D eigenvalue weighted by Gasteiger charge is 2.45. The Kier molecular flexibility index (Phi) is 8.30. The van der Waals surface area contributed by atoms with E-state index in [4.69, 9.17) is 0 Å². The highest BCUT2D eigenvalue weighted by Crippen LogP contribution is 2.57. The summed E-state index contributed by atoms with van der Waals surface area (Å²) in [5.41, 5.74) is 3.18. The van der Waals surface area contributed by atoms with E-state index in [0.717, 1.165) is 44.4 Å². The van der Waals surface area contributed by atoms with Gasteiger partial charge in [-0.3, -0.25) is 0 Å². The fraction of sp³-hybridized carbons (Fsp3) is 0.593. The average Bonchev–Trinajstić information content (AvgIpc) is 3.11. The Hall–Kier alpha value is -2.12. The molecular formula is C27H36F3NO3. The highest BCUT2D eigenvalue weighted by molar-refractivity contribution is 5.99.